The molecule has 0 aromatic heterocycles. The zero-order chi connectivity index (χ0) is 15.4. The number of hydrogen-bond acceptors (Lipinski definition) is 4. The van der Waals surface area contributed by atoms with Crippen LogP contribution in [0.3, 0.4) is 0 Å². The van der Waals surface area contributed by atoms with E-state index in [2.05, 4.69) is 5.32 Å². The minimum atomic E-state index is -0.691. The van der Waals surface area contributed by atoms with E-state index in [0.717, 1.165) is 6.07 Å². The first-order chi connectivity index (χ1) is 10.1. The van der Waals surface area contributed by atoms with Crippen molar-refractivity contribution in [3.63, 3.8) is 0 Å². The monoisotopic (exact) mass is 285 g/mol. The first-order valence-corrected chi connectivity index (χ1v) is 6.00. The second-order valence-electron chi connectivity index (χ2n) is 4.18. The van der Waals surface area contributed by atoms with Crippen LogP contribution in [0.15, 0.2) is 36.4 Å². The lowest BCUT2D eigenvalue weighted by atomic mass is 10.1. The Labute approximate surface area is 120 Å². The van der Waals surface area contributed by atoms with Crippen LogP contribution in [0, 0.1) is 17.1 Å². The molecule has 0 heterocycles. The van der Waals surface area contributed by atoms with Gasteiger partial charge in [-0.2, -0.15) is 5.26 Å². The van der Waals surface area contributed by atoms with E-state index in [4.69, 9.17) is 15.7 Å². The maximum absolute atomic E-state index is 13.7. The molecule has 1 amide bonds. The van der Waals surface area contributed by atoms with Crippen LogP contribution < -0.4 is 15.8 Å². The second-order valence-corrected chi connectivity index (χ2v) is 4.18. The maximum atomic E-state index is 13.7. The predicted octanol–water partition coefficient (Wildman–Crippen LogP) is 2.54. The molecular weight excluding hydrogens is 273 g/mol. The summed E-state index contributed by atoms with van der Waals surface area (Å²) in [6.07, 6.45) is 0. The molecule has 5 nitrogen and oxygen atoms in total. The summed E-state index contributed by atoms with van der Waals surface area (Å²) in [5.74, 6) is -0.887. The lowest BCUT2D eigenvalue weighted by molar-refractivity contribution is 0.102. The molecule has 0 unspecified atom stereocenters. The quantitative estimate of drug-likeness (QED) is 0.848. The van der Waals surface area contributed by atoms with Crippen molar-refractivity contribution in [2.75, 3.05) is 18.2 Å². The van der Waals surface area contributed by atoms with Crippen LogP contribution in [0.1, 0.15) is 15.9 Å². The first-order valence-electron chi connectivity index (χ1n) is 6.00. The fraction of sp³-hybridized carbons (Fsp3) is 0.0667. The van der Waals surface area contributed by atoms with Crippen molar-refractivity contribution in [1.29, 1.82) is 5.26 Å². The number of nitrogens with two attached hydrogens (primary N) is 1. The highest BCUT2D eigenvalue weighted by atomic mass is 19.1. The number of anilines is 2. The molecular formula is C15H12FN3O2. The van der Waals surface area contributed by atoms with E-state index in [-0.39, 0.29) is 22.5 Å². The number of nitrogens with zero attached hydrogens (tertiary/aromatic N) is 1. The van der Waals surface area contributed by atoms with Gasteiger partial charge in [-0.1, -0.05) is 6.07 Å². The molecule has 0 bridgehead atoms. The van der Waals surface area contributed by atoms with Gasteiger partial charge in [0.2, 0.25) is 0 Å². The van der Waals surface area contributed by atoms with Crippen molar-refractivity contribution in [3.8, 4) is 11.8 Å². The number of carbonyl (C=O) groups is 1. The predicted molar refractivity (Wildman–Crippen MR) is 76.5 cm³/mol. The number of nitriles is 1. The average molecular weight is 285 g/mol. The van der Waals surface area contributed by atoms with Crippen LogP contribution in [0.4, 0.5) is 15.8 Å². The number of benzene rings is 2. The largest absolute Gasteiger partial charge is 0.495 e. The molecule has 0 saturated carbocycles. The molecule has 106 valence electrons. The van der Waals surface area contributed by atoms with Gasteiger partial charge < -0.3 is 15.8 Å². The maximum Gasteiger partial charge on any atom is 0.257 e. The van der Waals surface area contributed by atoms with Gasteiger partial charge in [0, 0.05) is 0 Å². The Morgan fingerprint density at radius 1 is 1.38 bits per heavy atom. The molecule has 0 radical (unpaired) electrons. The highest BCUT2D eigenvalue weighted by molar-refractivity contribution is 6.08. The van der Waals surface area contributed by atoms with Gasteiger partial charge in [0.25, 0.3) is 5.91 Å². The molecule has 21 heavy (non-hydrogen) atoms. The second kappa shape index (κ2) is 5.92. The number of rotatable bonds is 3. The summed E-state index contributed by atoms with van der Waals surface area (Å²) in [7, 11) is 1.44. The standard InChI is InChI=1S/C15H12FN3O2/c1-21-13-4-2-3-10(14(13)18)15(20)19-12-6-5-9(8-17)7-11(12)16/h2-7H,18H2,1H3,(H,19,20). The Kier molecular flexibility index (Phi) is 4.05. The zero-order valence-corrected chi connectivity index (χ0v) is 11.2. The number of amides is 1. The van der Waals surface area contributed by atoms with Gasteiger partial charge in [0.05, 0.1) is 35.7 Å². The number of nitrogen functional groups attached to an aromatic ring is 1. The Bertz CT molecular complexity index is 738. The third-order valence-corrected chi connectivity index (χ3v) is 2.88. The number of carbonyl (C=O) groups excluding carboxylic acids is 1. The first kappa shape index (κ1) is 14.3. The normalized spacial score (nSPS) is 9.76. The lowest BCUT2D eigenvalue weighted by Crippen LogP contribution is -2.15. The molecule has 0 saturated heterocycles. The smallest absolute Gasteiger partial charge is 0.257 e. The summed E-state index contributed by atoms with van der Waals surface area (Å²) in [5, 5.41) is 11.1. The molecule has 0 spiro atoms. The van der Waals surface area contributed by atoms with Gasteiger partial charge in [0.15, 0.2) is 0 Å². The Morgan fingerprint density at radius 3 is 2.76 bits per heavy atom. The summed E-state index contributed by atoms with van der Waals surface area (Å²) >= 11 is 0. The highest BCUT2D eigenvalue weighted by Gasteiger charge is 2.15. The Hall–Kier alpha value is -3.07. The van der Waals surface area contributed by atoms with Crippen LogP contribution >= 0.6 is 0 Å². The summed E-state index contributed by atoms with van der Waals surface area (Å²) in [6.45, 7) is 0. The van der Waals surface area contributed by atoms with Crippen LogP contribution in [-0.2, 0) is 0 Å². The van der Waals surface area contributed by atoms with Crippen LogP contribution in [-0.4, -0.2) is 13.0 Å². The summed E-state index contributed by atoms with van der Waals surface area (Å²) in [6, 6.07) is 10.3. The number of para-hydroxylation sites is 1. The Morgan fingerprint density at radius 2 is 2.14 bits per heavy atom. The molecule has 0 fully saturated rings. The summed E-state index contributed by atoms with van der Waals surface area (Å²) in [4.78, 5) is 12.1. The molecule has 0 aliphatic heterocycles. The molecule has 2 aromatic rings. The molecule has 0 aliphatic rings. The van der Waals surface area contributed by atoms with E-state index in [1.54, 1.807) is 12.1 Å². The topological polar surface area (TPSA) is 88.1 Å². The third kappa shape index (κ3) is 2.92. The molecule has 0 aliphatic carbocycles. The van der Waals surface area contributed by atoms with E-state index < -0.39 is 11.7 Å². The molecule has 2 aromatic carbocycles. The van der Waals surface area contributed by atoms with E-state index in [0.29, 0.717) is 5.75 Å². The number of hydrogen-bond donors (Lipinski definition) is 2. The van der Waals surface area contributed by atoms with Crippen LogP contribution in [0.5, 0.6) is 5.75 Å². The minimum absolute atomic E-state index is 0.0266. The minimum Gasteiger partial charge on any atom is -0.495 e. The fourth-order valence-corrected chi connectivity index (χ4v) is 1.80. The number of ether oxygens (including phenoxy) is 1. The number of nitrogens with one attached hydrogen (secondary N) is 1. The van der Waals surface area contributed by atoms with Crippen molar-refractivity contribution < 1.29 is 13.9 Å². The lowest BCUT2D eigenvalue weighted by Gasteiger charge is -2.11. The Balaban J connectivity index is 2.29. The van der Waals surface area contributed by atoms with Gasteiger partial charge in [-0.15, -0.1) is 0 Å². The van der Waals surface area contributed by atoms with Crippen molar-refractivity contribution in [2.24, 2.45) is 0 Å². The van der Waals surface area contributed by atoms with E-state index in [1.807, 2.05) is 6.07 Å². The SMILES string of the molecule is COc1cccc(C(=O)Nc2ccc(C#N)cc2F)c1N. The van der Waals surface area contributed by atoms with Gasteiger partial charge >= 0.3 is 0 Å². The van der Waals surface area contributed by atoms with Crippen LogP contribution in [0.25, 0.3) is 0 Å². The van der Waals surface area contributed by atoms with Gasteiger partial charge in [0.1, 0.15) is 11.6 Å². The van der Waals surface area contributed by atoms with E-state index in [9.17, 15) is 9.18 Å². The molecule has 3 N–H and O–H groups in total. The number of halogens is 1. The molecule has 6 heteroatoms. The summed E-state index contributed by atoms with van der Waals surface area (Å²) < 4.78 is 18.8. The molecule has 2 rings (SSSR count). The van der Waals surface area contributed by atoms with Crippen molar-refractivity contribution >= 4 is 17.3 Å². The van der Waals surface area contributed by atoms with Gasteiger partial charge in [-0.25, -0.2) is 4.39 Å². The van der Waals surface area contributed by atoms with Crippen molar-refractivity contribution in [3.05, 3.63) is 53.3 Å². The van der Waals surface area contributed by atoms with Gasteiger partial charge in [-0.05, 0) is 30.3 Å². The molecule has 0 atom stereocenters. The average Bonchev–Trinajstić information content (AvgIpc) is 2.49. The van der Waals surface area contributed by atoms with E-state index in [1.165, 1.54) is 25.3 Å². The number of methoxy groups -OCH3 is 1. The van der Waals surface area contributed by atoms with Gasteiger partial charge in [-0.3, -0.25) is 4.79 Å². The zero-order valence-electron chi connectivity index (χ0n) is 11.2. The summed E-state index contributed by atoms with van der Waals surface area (Å²) in [5.41, 5.74) is 6.31. The third-order valence-electron chi connectivity index (χ3n) is 2.88. The van der Waals surface area contributed by atoms with E-state index >= 15 is 0 Å². The van der Waals surface area contributed by atoms with Crippen molar-refractivity contribution in [1.82, 2.24) is 0 Å². The highest BCUT2D eigenvalue weighted by Crippen LogP contribution is 2.26. The van der Waals surface area contributed by atoms with Crippen LogP contribution in [0.2, 0.25) is 0 Å². The van der Waals surface area contributed by atoms with Crippen molar-refractivity contribution in [2.45, 2.75) is 0 Å². The fourth-order valence-electron chi connectivity index (χ4n) is 1.80.